The van der Waals surface area contributed by atoms with Gasteiger partial charge in [0.05, 0.1) is 0 Å². The third kappa shape index (κ3) is 5.10. The van der Waals surface area contributed by atoms with Crippen molar-refractivity contribution in [3.63, 3.8) is 0 Å². The lowest BCUT2D eigenvalue weighted by molar-refractivity contribution is -0.120. The van der Waals surface area contributed by atoms with E-state index >= 15 is 0 Å². The molecule has 148 valence electrons. The van der Waals surface area contributed by atoms with Crippen LogP contribution in [-0.4, -0.2) is 56.5 Å². The highest BCUT2D eigenvalue weighted by molar-refractivity contribution is 6.01. The molecule has 1 aliphatic rings. The fourth-order valence-corrected chi connectivity index (χ4v) is 3.27. The van der Waals surface area contributed by atoms with Crippen LogP contribution in [0.3, 0.4) is 0 Å². The summed E-state index contributed by atoms with van der Waals surface area (Å²) in [5, 5.41) is 2.89. The number of likely N-dealkylation sites (N-methyl/N-ethyl adjacent to an activating group) is 1. The molecule has 0 saturated carbocycles. The maximum absolute atomic E-state index is 12.5. The summed E-state index contributed by atoms with van der Waals surface area (Å²) in [5.74, 6) is -0.382. The van der Waals surface area contributed by atoms with Gasteiger partial charge in [0.25, 0.3) is 0 Å². The van der Waals surface area contributed by atoms with Gasteiger partial charge in [-0.25, -0.2) is 0 Å². The normalized spacial score (nSPS) is 14.6. The third-order valence-electron chi connectivity index (χ3n) is 5.05. The smallest absolute Gasteiger partial charge is 0.244 e. The van der Waals surface area contributed by atoms with Crippen LogP contribution in [0, 0.1) is 6.92 Å². The van der Waals surface area contributed by atoms with Crippen molar-refractivity contribution in [3.8, 4) is 0 Å². The van der Waals surface area contributed by atoms with Crippen molar-refractivity contribution in [2.75, 3.05) is 54.9 Å². The third-order valence-corrected chi connectivity index (χ3v) is 5.05. The molecule has 6 heteroatoms. The standard InChI is InChI=1S/C22H28N4O2/c1-17-4-8-21(9-5-17)26(18(2)27)16-22(28)23-19-6-10-20(11-7-19)25-14-12-24(3)13-15-25/h4-11H,12-16H2,1-3H3,(H,23,28). The Labute approximate surface area is 166 Å². The van der Waals surface area contributed by atoms with Crippen LogP contribution in [0.5, 0.6) is 0 Å². The van der Waals surface area contributed by atoms with E-state index in [2.05, 4.69) is 22.2 Å². The van der Waals surface area contributed by atoms with Gasteiger partial charge in [-0.3, -0.25) is 9.59 Å². The summed E-state index contributed by atoms with van der Waals surface area (Å²) < 4.78 is 0. The summed E-state index contributed by atoms with van der Waals surface area (Å²) in [6.07, 6.45) is 0. The summed E-state index contributed by atoms with van der Waals surface area (Å²) in [7, 11) is 2.14. The Hall–Kier alpha value is -2.86. The maximum Gasteiger partial charge on any atom is 0.244 e. The SMILES string of the molecule is CC(=O)N(CC(=O)Nc1ccc(N2CCN(C)CC2)cc1)c1ccc(C)cc1. The highest BCUT2D eigenvalue weighted by Crippen LogP contribution is 2.20. The molecule has 3 rings (SSSR count). The number of rotatable bonds is 5. The second-order valence-electron chi connectivity index (χ2n) is 7.33. The van der Waals surface area contributed by atoms with E-state index < -0.39 is 0 Å². The molecular weight excluding hydrogens is 352 g/mol. The minimum atomic E-state index is -0.219. The molecule has 1 N–H and O–H groups in total. The Bertz CT molecular complexity index is 809. The predicted molar refractivity (Wildman–Crippen MR) is 114 cm³/mol. The molecule has 1 saturated heterocycles. The molecule has 2 aromatic carbocycles. The van der Waals surface area contributed by atoms with E-state index in [1.807, 2.05) is 55.5 Å². The first-order chi connectivity index (χ1) is 13.4. The molecule has 2 amide bonds. The molecular formula is C22H28N4O2. The molecule has 0 radical (unpaired) electrons. The molecule has 0 bridgehead atoms. The largest absolute Gasteiger partial charge is 0.369 e. The zero-order valence-corrected chi connectivity index (χ0v) is 16.8. The molecule has 6 nitrogen and oxygen atoms in total. The van der Waals surface area contributed by atoms with Gasteiger partial charge in [0.1, 0.15) is 6.54 Å². The second-order valence-corrected chi connectivity index (χ2v) is 7.33. The zero-order chi connectivity index (χ0) is 20.1. The van der Waals surface area contributed by atoms with Gasteiger partial charge in [0.15, 0.2) is 0 Å². The Balaban J connectivity index is 1.60. The van der Waals surface area contributed by atoms with Crippen molar-refractivity contribution >= 4 is 28.9 Å². The number of piperazine rings is 1. The van der Waals surface area contributed by atoms with Gasteiger partial charge in [-0.1, -0.05) is 17.7 Å². The van der Waals surface area contributed by atoms with Crippen molar-refractivity contribution in [2.24, 2.45) is 0 Å². The van der Waals surface area contributed by atoms with Gasteiger partial charge >= 0.3 is 0 Å². The Morgan fingerprint density at radius 1 is 0.964 bits per heavy atom. The molecule has 0 spiro atoms. The number of nitrogens with zero attached hydrogens (tertiary/aromatic N) is 3. The number of carbonyl (C=O) groups excluding carboxylic acids is 2. The number of benzene rings is 2. The number of hydrogen-bond acceptors (Lipinski definition) is 4. The first kappa shape index (κ1) is 19.9. The van der Waals surface area contributed by atoms with Crippen LogP contribution in [-0.2, 0) is 9.59 Å². The first-order valence-electron chi connectivity index (χ1n) is 9.60. The highest BCUT2D eigenvalue weighted by Gasteiger charge is 2.17. The monoisotopic (exact) mass is 380 g/mol. The molecule has 2 aromatic rings. The van der Waals surface area contributed by atoms with Crippen LogP contribution in [0.15, 0.2) is 48.5 Å². The molecule has 0 unspecified atom stereocenters. The fourth-order valence-electron chi connectivity index (χ4n) is 3.27. The van der Waals surface area contributed by atoms with Crippen molar-refractivity contribution in [2.45, 2.75) is 13.8 Å². The minimum Gasteiger partial charge on any atom is -0.369 e. The van der Waals surface area contributed by atoms with E-state index in [-0.39, 0.29) is 18.4 Å². The van der Waals surface area contributed by atoms with Crippen LogP contribution in [0.1, 0.15) is 12.5 Å². The van der Waals surface area contributed by atoms with Gasteiger partial charge in [0.2, 0.25) is 11.8 Å². The van der Waals surface area contributed by atoms with Gasteiger partial charge < -0.3 is 20.0 Å². The molecule has 1 fully saturated rings. The molecule has 0 aliphatic carbocycles. The van der Waals surface area contributed by atoms with Crippen LogP contribution >= 0.6 is 0 Å². The van der Waals surface area contributed by atoms with Crippen molar-refractivity contribution in [1.29, 1.82) is 0 Å². The minimum absolute atomic E-state index is 0.0153. The summed E-state index contributed by atoms with van der Waals surface area (Å²) in [6, 6.07) is 15.5. The van der Waals surface area contributed by atoms with E-state index in [1.165, 1.54) is 11.8 Å². The first-order valence-corrected chi connectivity index (χ1v) is 9.60. The number of amides is 2. The maximum atomic E-state index is 12.5. The van der Waals surface area contributed by atoms with Gasteiger partial charge in [-0.15, -0.1) is 0 Å². The van der Waals surface area contributed by atoms with E-state index in [4.69, 9.17) is 0 Å². The average Bonchev–Trinajstić information content (AvgIpc) is 2.68. The van der Waals surface area contributed by atoms with Gasteiger partial charge in [-0.2, -0.15) is 0 Å². The summed E-state index contributed by atoms with van der Waals surface area (Å²) in [4.78, 5) is 30.6. The van der Waals surface area contributed by atoms with Crippen molar-refractivity contribution < 1.29 is 9.59 Å². The topological polar surface area (TPSA) is 55.9 Å². The summed E-state index contributed by atoms with van der Waals surface area (Å²) in [6.45, 7) is 7.56. The Kier molecular flexibility index (Phi) is 6.31. The Morgan fingerprint density at radius 2 is 1.57 bits per heavy atom. The van der Waals surface area contributed by atoms with Crippen LogP contribution < -0.4 is 15.1 Å². The number of hydrogen-bond donors (Lipinski definition) is 1. The molecule has 1 aliphatic heterocycles. The summed E-state index contributed by atoms with van der Waals surface area (Å²) >= 11 is 0. The lowest BCUT2D eigenvalue weighted by Crippen LogP contribution is -2.44. The molecule has 1 heterocycles. The molecule has 28 heavy (non-hydrogen) atoms. The van der Waals surface area contributed by atoms with E-state index in [1.54, 1.807) is 0 Å². The van der Waals surface area contributed by atoms with E-state index in [9.17, 15) is 9.59 Å². The lowest BCUT2D eigenvalue weighted by Gasteiger charge is -2.34. The van der Waals surface area contributed by atoms with Crippen molar-refractivity contribution in [1.82, 2.24) is 4.90 Å². The van der Waals surface area contributed by atoms with Gasteiger partial charge in [-0.05, 0) is 50.4 Å². The Morgan fingerprint density at radius 3 is 2.14 bits per heavy atom. The quantitative estimate of drug-likeness (QED) is 0.867. The van der Waals surface area contributed by atoms with Gasteiger partial charge in [0, 0.05) is 50.2 Å². The van der Waals surface area contributed by atoms with Crippen molar-refractivity contribution in [3.05, 3.63) is 54.1 Å². The zero-order valence-electron chi connectivity index (χ0n) is 16.8. The highest BCUT2D eigenvalue weighted by atomic mass is 16.2. The molecule has 0 aromatic heterocycles. The number of nitrogens with one attached hydrogen (secondary N) is 1. The van der Waals surface area contributed by atoms with Crippen LogP contribution in [0.4, 0.5) is 17.1 Å². The number of aryl methyl sites for hydroxylation is 1. The predicted octanol–water partition coefficient (Wildman–Crippen LogP) is 2.74. The van der Waals surface area contributed by atoms with E-state index in [0.29, 0.717) is 0 Å². The molecule has 0 atom stereocenters. The lowest BCUT2D eigenvalue weighted by atomic mass is 10.2. The van der Waals surface area contributed by atoms with Crippen LogP contribution in [0.25, 0.3) is 0 Å². The number of anilines is 3. The van der Waals surface area contributed by atoms with Crippen LogP contribution in [0.2, 0.25) is 0 Å². The average molecular weight is 380 g/mol. The summed E-state index contributed by atoms with van der Waals surface area (Å²) in [5.41, 5.74) is 3.72. The number of carbonyl (C=O) groups is 2. The van der Waals surface area contributed by atoms with E-state index in [0.717, 1.165) is 48.8 Å². The second kappa shape index (κ2) is 8.89. The fraction of sp³-hybridized carbons (Fsp3) is 0.364.